The lowest BCUT2D eigenvalue weighted by Crippen LogP contribution is -2.38. The number of hydrogen-bond donors (Lipinski definition) is 1. The first-order valence-electron chi connectivity index (χ1n) is 8.32. The van der Waals surface area contributed by atoms with Gasteiger partial charge in [0.1, 0.15) is 19.0 Å². The Bertz CT molecular complexity index is 532. The SMILES string of the molecule is N=NCc1nc(OCCN2CCOCC2)cc(N2CCOCC2)n1. The van der Waals surface area contributed by atoms with E-state index >= 15 is 0 Å². The van der Waals surface area contributed by atoms with Crippen molar-refractivity contribution in [1.29, 1.82) is 5.53 Å². The molecule has 132 valence electrons. The Balaban J connectivity index is 1.61. The van der Waals surface area contributed by atoms with Gasteiger partial charge in [-0.05, 0) is 0 Å². The Morgan fingerprint density at radius 2 is 1.79 bits per heavy atom. The molecule has 0 amide bonds. The van der Waals surface area contributed by atoms with E-state index in [1.807, 2.05) is 6.07 Å². The molecule has 0 aliphatic carbocycles. The smallest absolute Gasteiger partial charge is 0.218 e. The Morgan fingerprint density at radius 1 is 1.08 bits per heavy atom. The van der Waals surface area contributed by atoms with E-state index in [0.717, 1.165) is 51.8 Å². The summed E-state index contributed by atoms with van der Waals surface area (Å²) in [7, 11) is 0. The molecule has 3 rings (SSSR count). The van der Waals surface area contributed by atoms with E-state index in [2.05, 4.69) is 24.9 Å². The summed E-state index contributed by atoms with van der Waals surface area (Å²) in [6.07, 6.45) is 0. The molecule has 0 unspecified atom stereocenters. The fourth-order valence-corrected chi connectivity index (χ4v) is 2.73. The van der Waals surface area contributed by atoms with Gasteiger partial charge in [-0.2, -0.15) is 10.1 Å². The van der Waals surface area contributed by atoms with Crippen LogP contribution in [-0.4, -0.2) is 80.6 Å². The van der Waals surface area contributed by atoms with Crippen LogP contribution >= 0.6 is 0 Å². The summed E-state index contributed by atoms with van der Waals surface area (Å²) in [5.41, 5.74) is 7.05. The van der Waals surface area contributed by atoms with E-state index in [1.54, 1.807) is 0 Å². The second-order valence-corrected chi connectivity index (χ2v) is 5.70. The van der Waals surface area contributed by atoms with Crippen molar-refractivity contribution in [2.75, 3.05) is 70.7 Å². The molecule has 0 spiro atoms. The molecule has 9 nitrogen and oxygen atoms in total. The number of hydrogen-bond acceptors (Lipinski definition) is 9. The quantitative estimate of drug-likeness (QED) is 0.727. The van der Waals surface area contributed by atoms with Gasteiger partial charge in [0.2, 0.25) is 5.88 Å². The fraction of sp³-hybridized carbons (Fsp3) is 0.733. The van der Waals surface area contributed by atoms with E-state index in [-0.39, 0.29) is 6.54 Å². The van der Waals surface area contributed by atoms with Crippen LogP contribution in [0.15, 0.2) is 11.2 Å². The predicted octanol–water partition coefficient (Wildman–Crippen LogP) is 0.555. The highest BCUT2D eigenvalue weighted by atomic mass is 16.5. The van der Waals surface area contributed by atoms with Gasteiger partial charge in [-0.1, -0.05) is 0 Å². The van der Waals surface area contributed by atoms with Gasteiger partial charge in [0.15, 0.2) is 5.82 Å². The summed E-state index contributed by atoms with van der Waals surface area (Å²) in [5.74, 6) is 1.86. The number of ether oxygens (including phenoxy) is 3. The van der Waals surface area contributed by atoms with Gasteiger partial charge in [0.25, 0.3) is 0 Å². The molecule has 0 aromatic carbocycles. The van der Waals surface area contributed by atoms with Crippen LogP contribution in [0.5, 0.6) is 5.88 Å². The monoisotopic (exact) mass is 336 g/mol. The van der Waals surface area contributed by atoms with Crippen LogP contribution < -0.4 is 9.64 Å². The zero-order valence-corrected chi connectivity index (χ0v) is 13.8. The first-order chi connectivity index (χ1) is 11.8. The van der Waals surface area contributed by atoms with Crippen molar-refractivity contribution in [2.45, 2.75) is 6.54 Å². The molecule has 1 aromatic heterocycles. The minimum Gasteiger partial charge on any atom is -0.476 e. The molecule has 0 atom stereocenters. The fourth-order valence-electron chi connectivity index (χ4n) is 2.73. The summed E-state index contributed by atoms with van der Waals surface area (Å²) < 4.78 is 16.6. The minimum absolute atomic E-state index is 0.165. The molecule has 24 heavy (non-hydrogen) atoms. The van der Waals surface area contributed by atoms with E-state index in [9.17, 15) is 0 Å². The number of aromatic nitrogens is 2. The van der Waals surface area contributed by atoms with Gasteiger partial charge in [0.05, 0.1) is 26.4 Å². The van der Waals surface area contributed by atoms with E-state index < -0.39 is 0 Å². The van der Waals surface area contributed by atoms with Crippen LogP contribution in [0.1, 0.15) is 5.82 Å². The highest BCUT2D eigenvalue weighted by Gasteiger charge is 2.16. The molecular weight excluding hydrogens is 312 g/mol. The third kappa shape index (κ3) is 4.83. The molecule has 0 radical (unpaired) electrons. The molecule has 1 N–H and O–H groups in total. The summed E-state index contributed by atoms with van der Waals surface area (Å²) >= 11 is 0. The highest BCUT2D eigenvalue weighted by Crippen LogP contribution is 2.19. The van der Waals surface area contributed by atoms with Crippen molar-refractivity contribution in [3.63, 3.8) is 0 Å². The first-order valence-corrected chi connectivity index (χ1v) is 8.32. The molecule has 0 saturated carbocycles. The maximum Gasteiger partial charge on any atom is 0.218 e. The lowest BCUT2D eigenvalue weighted by molar-refractivity contribution is 0.0320. The van der Waals surface area contributed by atoms with Crippen LogP contribution in [0.25, 0.3) is 0 Å². The summed E-state index contributed by atoms with van der Waals surface area (Å²) in [6, 6.07) is 1.86. The van der Waals surface area contributed by atoms with Crippen LogP contribution in [0.3, 0.4) is 0 Å². The number of nitrogens with zero attached hydrogens (tertiary/aromatic N) is 5. The number of nitrogens with one attached hydrogen (secondary N) is 1. The molecular formula is C15H24N6O3. The Kier molecular flexibility index (Phi) is 6.27. The molecule has 2 fully saturated rings. The normalized spacial score (nSPS) is 19.2. The molecule has 9 heteroatoms. The van der Waals surface area contributed by atoms with E-state index in [4.69, 9.17) is 19.7 Å². The molecule has 2 aliphatic heterocycles. The predicted molar refractivity (Wildman–Crippen MR) is 86.7 cm³/mol. The minimum atomic E-state index is 0.165. The summed E-state index contributed by atoms with van der Waals surface area (Å²) in [4.78, 5) is 13.3. The number of rotatable bonds is 7. The third-order valence-corrected chi connectivity index (χ3v) is 4.05. The van der Waals surface area contributed by atoms with E-state index in [1.165, 1.54) is 0 Å². The largest absolute Gasteiger partial charge is 0.476 e. The maximum atomic E-state index is 7.05. The van der Waals surface area contributed by atoms with Crippen LogP contribution in [0.2, 0.25) is 0 Å². The lowest BCUT2D eigenvalue weighted by atomic mass is 10.4. The third-order valence-electron chi connectivity index (χ3n) is 4.05. The van der Waals surface area contributed by atoms with Crippen molar-refractivity contribution < 1.29 is 14.2 Å². The average molecular weight is 336 g/mol. The van der Waals surface area contributed by atoms with Crippen molar-refractivity contribution in [3.8, 4) is 5.88 Å². The molecule has 0 bridgehead atoms. The second kappa shape index (κ2) is 8.86. The van der Waals surface area contributed by atoms with Gasteiger partial charge in [-0.3, -0.25) is 4.90 Å². The topological polar surface area (TPSA) is 96.2 Å². The van der Waals surface area contributed by atoms with Crippen molar-refractivity contribution in [1.82, 2.24) is 14.9 Å². The van der Waals surface area contributed by atoms with Gasteiger partial charge in [-0.15, -0.1) is 0 Å². The van der Waals surface area contributed by atoms with Crippen molar-refractivity contribution in [2.24, 2.45) is 5.11 Å². The van der Waals surface area contributed by atoms with Crippen LogP contribution in [0, 0.1) is 5.53 Å². The van der Waals surface area contributed by atoms with E-state index in [0.29, 0.717) is 31.5 Å². The standard InChI is InChI=1S/C15H24N6O3/c16-17-12-13-18-14(21-4-8-23-9-5-21)11-15(19-13)24-10-3-20-1-6-22-7-2-20/h11,16H,1-10,12H2. The summed E-state index contributed by atoms with van der Waals surface area (Å²) in [5, 5.41) is 3.39. The summed E-state index contributed by atoms with van der Waals surface area (Å²) in [6.45, 7) is 7.99. The highest BCUT2D eigenvalue weighted by molar-refractivity contribution is 5.42. The molecule has 2 aliphatic rings. The first kappa shape index (κ1) is 17.0. The lowest BCUT2D eigenvalue weighted by Gasteiger charge is -2.28. The molecule has 1 aromatic rings. The van der Waals surface area contributed by atoms with Gasteiger partial charge in [0, 0.05) is 38.8 Å². The zero-order chi connectivity index (χ0) is 16.6. The second-order valence-electron chi connectivity index (χ2n) is 5.70. The Labute approximate surface area is 141 Å². The van der Waals surface area contributed by atoms with Crippen molar-refractivity contribution in [3.05, 3.63) is 11.9 Å². The van der Waals surface area contributed by atoms with Gasteiger partial charge < -0.3 is 19.1 Å². The average Bonchev–Trinajstić information content (AvgIpc) is 2.63. The number of anilines is 1. The van der Waals surface area contributed by atoms with Gasteiger partial charge in [-0.25, -0.2) is 10.5 Å². The number of morpholine rings is 2. The Morgan fingerprint density at radius 3 is 2.50 bits per heavy atom. The maximum absolute atomic E-state index is 7.05. The van der Waals surface area contributed by atoms with Gasteiger partial charge >= 0.3 is 0 Å². The Hall–Kier alpha value is -1.84. The molecule has 3 heterocycles. The van der Waals surface area contributed by atoms with Crippen LogP contribution in [0.4, 0.5) is 5.82 Å². The van der Waals surface area contributed by atoms with Crippen LogP contribution in [-0.2, 0) is 16.0 Å². The zero-order valence-electron chi connectivity index (χ0n) is 13.8. The molecule has 2 saturated heterocycles. The van der Waals surface area contributed by atoms with Crippen molar-refractivity contribution >= 4 is 5.82 Å².